The minimum atomic E-state index is -0.686. The zero-order valence-corrected chi connectivity index (χ0v) is 12.3. The van der Waals surface area contributed by atoms with Crippen molar-refractivity contribution in [2.75, 3.05) is 0 Å². The van der Waals surface area contributed by atoms with E-state index in [0.29, 0.717) is 16.9 Å². The minimum absolute atomic E-state index is 0.00883. The van der Waals surface area contributed by atoms with Crippen molar-refractivity contribution in [3.8, 4) is 5.75 Å². The molecule has 0 aliphatic carbocycles. The maximum Gasteiger partial charge on any atom is 0.272 e. The Kier molecular flexibility index (Phi) is 4.87. The normalized spacial score (nSPS) is 10.4. The number of non-ortho nitro benzene ring substituents is 1. The van der Waals surface area contributed by atoms with E-state index in [4.69, 9.17) is 9.84 Å². The molecule has 7 heteroatoms. The molecule has 5 nitrogen and oxygen atoms in total. The maximum atomic E-state index is 13.3. The van der Waals surface area contributed by atoms with Crippen molar-refractivity contribution in [2.24, 2.45) is 0 Å². The predicted octanol–water partition coefficient (Wildman–Crippen LogP) is 3.57. The summed E-state index contributed by atoms with van der Waals surface area (Å²) < 4.78 is 19.5. The average Bonchev–Trinajstić information content (AvgIpc) is 2.45. The van der Waals surface area contributed by atoms with Crippen LogP contribution < -0.4 is 4.74 Å². The van der Waals surface area contributed by atoms with E-state index in [2.05, 4.69) is 15.9 Å². The van der Waals surface area contributed by atoms with Gasteiger partial charge in [0.25, 0.3) is 5.69 Å². The Balaban J connectivity index is 2.14. The third-order valence-corrected chi connectivity index (χ3v) is 3.52. The van der Waals surface area contributed by atoms with Gasteiger partial charge in [0.1, 0.15) is 18.2 Å². The van der Waals surface area contributed by atoms with Crippen LogP contribution in [0.1, 0.15) is 11.1 Å². The molecule has 0 aliphatic rings. The number of ether oxygens (including phenoxy) is 1. The van der Waals surface area contributed by atoms with Crippen LogP contribution in [0.3, 0.4) is 0 Å². The fourth-order valence-electron chi connectivity index (χ4n) is 1.75. The molecule has 0 amide bonds. The number of benzene rings is 2. The van der Waals surface area contributed by atoms with Crippen molar-refractivity contribution >= 4 is 21.6 Å². The average molecular weight is 356 g/mol. The number of aliphatic hydroxyl groups excluding tert-OH is 1. The summed E-state index contributed by atoms with van der Waals surface area (Å²) in [5, 5.41) is 19.8. The van der Waals surface area contributed by atoms with Crippen LogP contribution in [-0.4, -0.2) is 10.0 Å². The van der Waals surface area contributed by atoms with Gasteiger partial charge >= 0.3 is 0 Å². The second-order valence-electron chi connectivity index (χ2n) is 4.27. The fraction of sp³-hybridized carbons (Fsp3) is 0.143. The van der Waals surface area contributed by atoms with E-state index in [0.717, 1.165) is 10.5 Å². The van der Waals surface area contributed by atoms with Crippen molar-refractivity contribution in [3.05, 3.63) is 67.9 Å². The molecule has 0 aliphatic heterocycles. The van der Waals surface area contributed by atoms with Crippen LogP contribution in [0.4, 0.5) is 10.1 Å². The molecule has 0 heterocycles. The van der Waals surface area contributed by atoms with E-state index >= 15 is 0 Å². The first-order chi connectivity index (χ1) is 9.99. The lowest BCUT2D eigenvalue weighted by atomic mass is 10.2. The van der Waals surface area contributed by atoms with Crippen molar-refractivity contribution in [1.29, 1.82) is 0 Å². The van der Waals surface area contributed by atoms with Crippen LogP contribution in [0.2, 0.25) is 0 Å². The Morgan fingerprint density at radius 1 is 1.29 bits per heavy atom. The molecule has 0 spiro atoms. The van der Waals surface area contributed by atoms with Gasteiger partial charge in [-0.15, -0.1) is 0 Å². The van der Waals surface area contributed by atoms with Crippen LogP contribution in [0.25, 0.3) is 0 Å². The number of nitro benzene ring substituents is 1. The topological polar surface area (TPSA) is 72.6 Å². The number of hydrogen-bond donors (Lipinski definition) is 1. The van der Waals surface area contributed by atoms with E-state index in [9.17, 15) is 14.5 Å². The maximum absolute atomic E-state index is 13.3. The number of nitrogens with zero attached hydrogens (tertiary/aromatic N) is 1. The molecule has 0 radical (unpaired) electrons. The van der Waals surface area contributed by atoms with Gasteiger partial charge in [0.05, 0.1) is 17.6 Å². The second kappa shape index (κ2) is 6.64. The lowest BCUT2D eigenvalue weighted by molar-refractivity contribution is -0.385. The third kappa shape index (κ3) is 3.99. The largest absolute Gasteiger partial charge is 0.489 e. The molecule has 0 aromatic heterocycles. The van der Waals surface area contributed by atoms with Crippen LogP contribution >= 0.6 is 15.9 Å². The zero-order chi connectivity index (χ0) is 15.4. The van der Waals surface area contributed by atoms with Gasteiger partial charge in [-0.3, -0.25) is 10.1 Å². The Labute approximate surface area is 128 Å². The van der Waals surface area contributed by atoms with E-state index in [1.807, 2.05) is 0 Å². The molecule has 2 aromatic carbocycles. The molecule has 0 saturated carbocycles. The molecule has 110 valence electrons. The molecule has 0 bridgehead atoms. The summed E-state index contributed by atoms with van der Waals surface area (Å²) in [6.45, 7) is -0.158. The summed E-state index contributed by atoms with van der Waals surface area (Å²) in [7, 11) is 0. The van der Waals surface area contributed by atoms with Crippen molar-refractivity contribution in [2.45, 2.75) is 13.2 Å². The standard InChI is InChI=1S/C14H11BrFNO4/c15-14-2-1-13(5-10(14)7-18)21-8-9-3-11(16)6-12(4-9)17(19)20/h1-6,18H,7-8H2. The lowest BCUT2D eigenvalue weighted by Gasteiger charge is -2.09. The number of nitro groups is 1. The van der Waals surface area contributed by atoms with Gasteiger partial charge in [-0.05, 0) is 35.4 Å². The fourth-order valence-corrected chi connectivity index (χ4v) is 2.12. The Bertz CT molecular complexity index is 678. The molecule has 0 fully saturated rings. The molecule has 21 heavy (non-hydrogen) atoms. The van der Waals surface area contributed by atoms with E-state index in [1.165, 1.54) is 12.1 Å². The first-order valence-corrected chi connectivity index (χ1v) is 6.75. The number of aliphatic hydroxyl groups is 1. The Hall–Kier alpha value is -1.99. The lowest BCUT2D eigenvalue weighted by Crippen LogP contribution is -1.99. The van der Waals surface area contributed by atoms with Gasteiger partial charge in [-0.25, -0.2) is 4.39 Å². The summed E-state index contributed by atoms with van der Waals surface area (Å²) in [5.41, 5.74) is 0.688. The quantitative estimate of drug-likeness (QED) is 0.657. The van der Waals surface area contributed by atoms with Gasteiger partial charge < -0.3 is 9.84 Å². The van der Waals surface area contributed by atoms with Gasteiger partial charge in [0.15, 0.2) is 0 Å². The molecular formula is C14H11BrFNO4. The van der Waals surface area contributed by atoms with Crippen molar-refractivity contribution < 1.29 is 19.2 Å². The summed E-state index contributed by atoms with van der Waals surface area (Å²) >= 11 is 3.28. The van der Waals surface area contributed by atoms with Crippen LogP contribution in [0.5, 0.6) is 5.75 Å². The number of hydrogen-bond acceptors (Lipinski definition) is 4. The molecule has 1 N–H and O–H groups in total. The third-order valence-electron chi connectivity index (χ3n) is 2.75. The monoisotopic (exact) mass is 355 g/mol. The van der Waals surface area contributed by atoms with E-state index in [1.54, 1.807) is 18.2 Å². The van der Waals surface area contributed by atoms with Crippen molar-refractivity contribution in [3.63, 3.8) is 0 Å². The Morgan fingerprint density at radius 2 is 2.05 bits per heavy atom. The van der Waals surface area contributed by atoms with Gasteiger partial charge in [-0.1, -0.05) is 15.9 Å². The highest BCUT2D eigenvalue weighted by Gasteiger charge is 2.10. The Morgan fingerprint density at radius 3 is 2.71 bits per heavy atom. The summed E-state index contributed by atoms with van der Waals surface area (Å²) in [6.07, 6.45) is 0. The van der Waals surface area contributed by atoms with Gasteiger partial charge in [0, 0.05) is 10.5 Å². The zero-order valence-electron chi connectivity index (χ0n) is 10.8. The minimum Gasteiger partial charge on any atom is -0.489 e. The summed E-state index contributed by atoms with van der Waals surface area (Å²) in [5.74, 6) is -0.205. The first kappa shape index (κ1) is 15.4. The smallest absolute Gasteiger partial charge is 0.272 e. The van der Waals surface area contributed by atoms with Gasteiger partial charge in [-0.2, -0.15) is 0 Å². The van der Waals surface area contributed by atoms with Crippen LogP contribution in [-0.2, 0) is 13.2 Å². The number of halogens is 2. The highest BCUT2D eigenvalue weighted by Crippen LogP contribution is 2.24. The highest BCUT2D eigenvalue weighted by atomic mass is 79.9. The molecule has 2 rings (SSSR count). The van der Waals surface area contributed by atoms with E-state index in [-0.39, 0.29) is 18.9 Å². The van der Waals surface area contributed by atoms with Crippen LogP contribution in [0, 0.1) is 15.9 Å². The van der Waals surface area contributed by atoms with Gasteiger partial charge in [0.2, 0.25) is 0 Å². The molecule has 0 saturated heterocycles. The van der Waals surface area contributed by atoms with E-state index < -0.39 is 10.7 Å². The molecule has 0 unspecified atom stereocenters. The van der Waals surface area contributed by atoms with Crippen LogP contribution in [0.15, 0.2) is 40.9 Å². The molecule has 2 aromatic rings. The number of rotatable bonds is 5. The first-order valence-electron chi connectivity index (χ1n) is 5.95. The SMILES string of the molecule is O=[N+]([O-])c1cc(F)cc(COc2ccc(Br)c(CO)c2)c1. The van der Waals surface area contributed by atoms with Crippen molar-refractivity contribution in [1.82, 2.24) is 0 Å². The predicted molar refractivity (Wildman–Crippen MR) is 77.5 cm³/mol. The summed E-state index contributed by atoms with van der Waals surface area (Å²) in [6, 6.07) is 8.32. The highest BCUT2D eigenvalue weighted by molar-refractivity contribution is 9.10. The second-order valence-corrected chi connectivity index (χ2v) is 5.13. The molecular weight excluding hydrogens is 345 g/mol. The summed E-state index contributed by atoms with van der Waals surface area (Å²) in [4.78, 5) is 10.0. The molecule has 0 atom stereocenters.